The van der Waals surface area contributed by atoms with E-state index in [-0.39, 0.29) is 5.82 Å². The van der Waals surface area contributed by atoms with Crippen LogP contribution in [0.25, 0.3) is 0 Å². The first kappa shape index (κ1) is 20.8. The van der Waals surface area contributed by atoms with Crippen molar-refractivity contribution in [2.75, 3.05) is 33.3 Å². The van der Waals surface area contributed by atoms with Crippen LogP contribution in [0.1, 0.15) is 30.4 Å². The fourth-order valence-corrected chi connectivity index (χ4v) is 3.70. The number of benzene rings is 2. The molecule has 1 heterocycles. The molecule has 0 aromatic heterocycles. The Bertz CT molecular complexity index is 717. The third-order valence-corrected chi connectivity index (χ3v) is 5.13. The van der Waals surface area contributed by atoms with Crippen LogP contribution in [-0.2, 0) is 13.1 Å². The van der Waals surface area contributed by atoms with Gasteiger partial charge in [-0.1, -0.05) is 36.8 Å². The summed E-state index contributed by atoms with van der Waals surface area (Å²) in [7, 11) is 2.03. The first-order valence-corrected chi connectivity index (χ1v) is 10.1. The number of β-amino-alcohol motifs (C(OH)–C–C–N with tert-alkyl or cyclic N) is 1. The lowest BCUT2D eigenvalue weighted by Crippen LogP contribution is -2.38. The first-order chi connectivity index (χ1) is 13.6. The van der Waals surface area contributed by atoms with Crippen LogP contribution in [0.4, 0.5) is 4.39 Å². The van der Waals surface area contributed by atoms with E-state index in [4.69, 9.17) is 4.74 Å². The number of aliphatic hydroxyl groups is 1. The summed E-state index contributed by atoms with van der Waals surface area (Å²) in [4.78, 5) is 4.49. The number of halogens is 1. The number of hydrogen-bond acceptors (Lipinski definition) is 4. The Morgan fingerprint density at radius 1 is 1.04 bits per heavy atom. The number of hydrogen-bond donors (Lipinski definition) is 1. The highest BCUT2D eigenvalue weighted by Crippen LogP contribution is 2.21. The molecule has 1 atom stereocenters. The molecule has 4 nitrogen and oxygen atoms in total. The quantitative estimate of drug-likeness (QED) is 0.713. The van der Waals surface area contributed by atoms with E-state index < -0.39 is 6.10 Å². The van der Waals surface area contributed by atoms with Gasteiger partial charge in [-0.05, 0) is 56.7 Å². The van der Waals surface area contributed by atoms with Gasteiger partial charge in [0.25, 0.3) is 0 Å². The van der Waals surface area contributed by atoms with Crippen molar-refractivity contribution in [2.24, 2.45) is 0 Å². The summed E-state index contributed by atoms with van der Waals surface area (Å²) < 4.78 is 19.0. The van der Waals surface area contributed by atoms with Gasteiger partial charge < -0.3 is 14.7 Å². The van der Waals surface area contributed by atoms with E-state index in [0.717, 1.165) is 43.1 Å². The summed E-state index contributed by atoms with van der Waals surface area (Å²) >= 11 is 0. The maximum Gasteiger partial charge on any atom is 0.123 e. The van der Waals surface area contributed by atoms with Crippen LogP contribution in [0.2, 0.25) is 0 Å². The summed E-state index contributed by atoms with van der Waals surface area (Å²) in [5.74, 6) is 0.597. The highest BCUT2D eigenvalue weighted by atomic mass is 19.1. The minimum absolute atomic E-state index is 0.215. The third kappa shape index (κ3) is 6.59. The average Bonchev–Trinajstić information content (AvgIpc) is 2.70. The molecule has 0 spiro atoms. The Morgan fingerprint density at radius 2 is 1.75 bits per heavy atom. The molecule has 0 saturated carbocycles. The summed E-state index contributed by atoms with van der Waals surface area (Å²) in [6, 6.07) is 14.6. The molecule has 2 aromatic rings. The van der Waals surface area contributed by atoms with Gasteiger partial charge in [0.05, 0.1) is 0 Å². The Kier molecular flexibility index (Phi) is 7.83. The van der Waals surface area contributed by atoms with Crippen molar-refractivity contribution in [2.45, 2.75) is 38.5 Å². The van der Waals surface area contributed by atoms with Gasteiger partial charge in [-0.2, -0.15) is 0 Å². The lowest BCUT2D eigenvalue weighted by atomic mass is 10.1. The van der Waals surface area contributed by atoms with Gasteiger partial charge in [-0.25, -0.2) is 4.39 Å². The molecule has 1 saturated heterocycles. The second-order valence-electron chi connectivity index (χ2n) is 7.73. The van der Waals surface area contributed by atoms with Crippen LogP contribution in [-0.4, -0.2) is 54.3 Å². The molecule has 28 heavy (non-hydrogen) atoms. The number of ether oxygens (including phenoxy) is 1. The van der Waals surface area contributed by atoms with Gasteiger partial charge in [-0.15, -0.1) is 0 Å². The van der Waals surface area contributed by atoms with Crippen molar-refractivity contribution in [3.05, 3.63) is 65.5 Å². The van der Waals surface area contributed by atoms with Crippen molar-refractivity contribution < 1.29 is 14.2 Å². The van der Waals surface area contributed by atoms with Crippen LogP contribution in [0, 0.1) is 5.82 Å². The molecule has 152 valence electrons. The van der Waals surface area contributed by atoms with E-state index in [9.17, 15) is 9.50 Å². The van der Waals surface area contributed by atoms with E-state index in [2.05, 4.69) is 9.80 Å². The van der Waals surface area contributed by atoms with Crippen LogP contribution >= 0.6 is 0 Å². The molecule has 0 unspecified atom stereocenters. The average molecular weight is 387 g/mol. The second kappa shape index (κ2) is 10.6. The van der Waals surface area contributed by atoms with Crippen LogP contribution < -0.4 is 4.74 Å². The van der Waals surface area contributed by atoms with E-state index in [1.54, 1.807) is 0 Å². The molecule has 1 aliphatic heterocycles. The molecular weight excluding hydrogens is 355 g/mol. The number of aliphatic hydroxyl groups excluding tert-OH is 1. The molecule has 2 aromatic carbocycles. The Morgan fingerprint density at radius 3 is 2.50 bits per heavy atom. The SMILES string of the molecule is CN(Cc1ccc(F)cc1)Cc1ccccc1OC[C@@H](O)CN1CCCCC1. The molecule has 3 rings (SSSR count). The molecule has 1 fully saturated rings. The number of nitrogens with zero attached hydrogens (tertiary/aromatic N) is 2. The maximum atomic E-state index is 13.1. The lowest BCUT2D eigenvalue weighted by molar-refractivity contribution is 0.0612. The van der Waals surface area contributed by atoms with Crippen molar-refractivity contribution in [3.8, 4) is 5.75 Å². The molecule has 1 N–H and O–H groups in total. The molecule has 1 aliphatic rings. The number of para-hydroxylation sites is 1. The van der Waals surface area contributed by atoms with Gasteiger partial charge in [0.2, 0.25) is 0 Å². The summed E-state index contributed by atoms with van der Waals surface area (Å²) in [5.41, 5.74) is 2.15. The second-order valence-corrected chi connectivity index (χ2v) is 7.73. The Balaban J connectivity index is 1.51. The largest absolute Gasteiger partial charge is 0.491 e. The van der Waals surface area contributed by atoms with Gasteiger partial charge in [-0.3, -0.25) is 4.90 Å². The molecule has 5 heteroatoms. The monoisotopic (exact) mass is 386 g/mol. The molecular formula is C23H31FN2O2. The van der Waals surface area contributed by atoms with E-state index >= 15 is 0 Å². The smallest absolute Gasteiger partial charge is 0.123 e. The zero-order valence-electron chi connectivity index (χ0n) is 16.7. The zero-order valence-corrected chi connectivity index (χ0v) is 16.7. The van der Waals surface area contributed by atoms with Crippen LogP contribution in [0.3, 0.4) is 0 Å². The Labute approximate surface area is 167 Å². The summed E-state index contributed by atoms with van der Waals surface area (Å²) in [6.07, 6.45) is 3.25. The minimum Gasteiger partial charge on any atom is -0.491 e. The molecule has 0 radical (unpaired) electrons. The van der Waals surface area contributed by atoms with Crippen LogP contribution in [0.15, 0.2) is 48.5 Å². The standard InChI is InChI=1S/C23H31FN2O2/c1-25(15-19-9-11-21(24)12-10-19)16-20-7-3-4-8-23(20)28-18-22(27)17-26-13-5-2-6-14-26/h3-4,7-12,22,27H,2,5-6,13-18H2,1H3/t22-/m0/s1. The van der Waals surface area contributed by atoms with Crippen molar-refractivity contribution in [3.63, 3.8) is 0 Å². The summed E-state index contributed by atoms with van der Waals surface area (Å²) in [6.45, 7) is 4.56. The predicted molar refractivity (Wildman–Crippen MR) is 110 cm³/mol. The highest BCUT2D eigenvalue weighted by Gasteiger charge is 2.16. The molecule has 0 amide bonds. The summed E-state index contributed by atoms with van der Waals surface area (Å²) in [5, 5.41) is 10.3. The van der Waals surface area contributed by atoms with E-state index in [1.807, 2.05) is 43.4 Å². The topological polar surface area (TPSA) is 35.9 Å². The van der Waals surface area contributed by atoms with E-state index in [1.165, 1.54) is 31.4 Å². The lowest BCUT2D eigenvalue weighted by Gasteiger charge is -2.28. The molecule has 0 bridgehead atoms. The number of rotatable bonds is 9. The van der Waals surface area contributed by atoms with Gasteiger partial charge >= 0.3 is 0 Å². The van der Waals surface area contributed by atoms with Crippen molar-refractivity contribution >= 4 is 0 Å². The fourth-order valence-electron chi connectivity index (χ4n) is 3.70. The zero-order chi connectivity index (χ0) is 19.8. The highest BCUT2D eigenvalue weighted by molar-refractivity contribution is 5.33. The predicted octanol–water partition coefficient (Wildman–Crippen LogP) is 3.68. The van der Waals surface area contributed by atoms with Gasteiger partial charge in [0.1, 0.15) is 24.3 Å². The van der Waals surface area contributed by atoms with Gasteiger partial charge in [0, 0.05) is 25.2 Å². The Hall–Kier alpha value is -1.95. The van der Waals surface area contributed by atoms with Crippen molar-refractivity contribution in [1.82, 2.24) is 9.80 Å². The minimum atomic E-state index is -0.483. The molecule has 0 aliphatic carbocycles. The normalized spacial score (nSPS) is 16.3. The van der Waals surface area contributed by atoms with Gasteiger partial charge in [0.15, 0.2) is 0 Å². The number of likely N-dealkylation sites (tertiary alicyclic amines) is 1. The third-order valence-electron chi connectivity index (χ3n) is 5.13. The fraction of sp³-hybridized carbons (Fsp3) is 0.478. The van der Waals surface area contributed by atoms with Crippen LogP contribution in [0.5, 0.6) is 5.75 Å². The maximum absolute atomic E-state index is 13.1. The van der Waals surface area contributed by atoms with E-state index in [0.29, 0.717) is 13.2 Å². The number of piperidine rings is 1. The first-order valence-electron chi connectivity index (χ1n) is 10.1. The van der Waals surface area contributed by atoms with Crippen molar-refractivity contribution in [1.29, 1.82) is 0 Å².